The van der Waals surface area contributed by atoms with Crippen LogP contribution >= 0.6 is 0 Å². The summed E-state index contributed by atoms with van der Waals surface area (Å²) in [4.78, 5) is 12.2. The summed E-state index contributed by atoms with van der Waals surface area (Å²) in [6, 6.07) is 12.3. The maximum Gasteiger partial charge on any atom is 0.264 e. The van der Waals surface area contributed by atoms with Crippen LogP contribution in [-0.4, -0.2) is 34.0 Å². The normalized spacial score (nSPS) is 13.9. The number of amides is 1. The van der Waals surface area contributed by atoms with Crippen LogP contribution in [0.1, 0.15) is 31.9 Å². The third kappa shape index (κ3) is 4.90. The second-order valence-electron chi connectivity index (χ2n) is 8.51. The average Bonchev–Trinajstić information content (AvgIpc) is 3.09. The highest BCUT2D eigenvalue weighted by Gasteiger charge is 2.30. The molecule has 2 aromatic carbocycles. The summed E-state index contributed by atoms with van der Waals surface area (Å²) in [5.74, 6) is 0.293. The van der Waals surface area contributed by atoms with Gasteiger partial charge in [-0.25, -0.2) is 8.42 Å². The van der Waals surface area contributed by atoms with E-state index in [1.165, 1.54) is 10.4 Å². The van der Waals surface area contributed by atoms with Gasteiger partial charge in [0.25, 0.3) is 15.9 Å². The standard InChI is InChI=1S/C22H28N2O4S/c1-16-13-18(9-10-20(16)28-14-21(25)23-15-22(2,3)4)29(26,27)24-12-11-17-7-5-6-8-19(17)24/h5-10,13H,11-12,14-15H2,1-4H3,(H,23,25). The number of nitrogens with zero attached hydrogens (tertiary/aromatic N) is 1. The lowest BCUT2D eigenvalue weighted by atomic mass is 9.97. The summed E-state index contributed by atoms with van der Waals surface area (Å²) in [7, 11) is -3.65. The van der Waals surface area contributed by atoms with Crippen molar-refractivity contribution in [3.05, 3.63) is 53.6 Å². The Morgan fingerprint density at radius 2 is 1.90 bits per heavy atom. The molecule has 1 aliphatic rings. The van der Waals surface area contributed by atoms with Crippen molar-refractivity contribution in [2.75, 3.05) is 24.0 Å². The molecular weight excluding hydrogens is 388 g/mol. The van der Waals surface area contributed by atoms with Gasteiger partial charge in [-0.2, -0.15) is 0 Å². The van der Waals surface area contributed by atoms with E-state index in [9.17, 15) is 13.2 Å². The second-order valence-corrected chi connectivity index (χ2v) is 10.4. The fourth-order valence-corrected chi connectivity index (χ4v) is 4.78. The minimum Gasteiger partial charge on any atom is -0.484 e. The maximum absolute atomic E-state index is 13.1. The van der Waals surface area contributed by atoms with Gasteiger partial charge in [0.2, 0.25) is 0 Å². The molecule has 7 heteroatoms. The molecule has 2 aromatic rings. The molecule has 0 radical (unpaired) electrons. The predicted molar refractivity (Wildman–Crippen MR) is 114 cm³/mol. The molecule has 29 heavy (non-hydrogen) atoms. The molecule has 0 aliphatic carbocycles. The van der Waals surface area contributed by atoms with Crippen LogP contribution in [0.25, 0.3) is 0 Å². The first-order valence-corrected chi connectivity index (χ1v) is 11.1. The van der Waals surface area contributed by atoms with Gasteiger partial charge in [-0.3, -0.25) is 9.10 Å². The van der Waals surface area contributed by atoms with E-state index in [1.54, 1.807) is 19.1 Å². The van der Waals surface area contributed by atoms with E-state index >= 15 is 0 Å². The highest BCUT2D eigenvalue weighted by atomic mass is 32.2. The molecular formula is C22H28N2O4S. The minimum absolute atomic E-state index is 0.00419. The van der Waals surface area contributed by atoms with Crippen LogP contribution in [0.3, 0.4) is 0 Å². The fourth-order valence-electron chi connectivity index (χ4n) is 3.19. The Kier molecular flexibility index (Phi) is 5.89. The van der Waals surface area contributed by atoms with Gasteiger partial charge in [0.05, 0.1) is 10.6 Å². The number of ether oxygens (including phenoxy) is 1. The van der Waals surface area contributed by atoms with Gasteiger partial charge in [0.1, 0.15) is 5.75 Å². The summed E-state index contributed by atoms with van der Waals surface area (Å²) in [5.41, 5.74) is 2.44. The second kappa shape index (κ2) is 8.06. The van der Waals surface area contributed by atoms with Gasteiger partial charge >= 0.3 is 0 Å². The Bertz CT molecular complexity index is 1010. The molecule has 3 rings (SSSR count). The summed E-state index contributed by atoms with van der Waals surface area (Å²) in [5, 5.41) is 2.83. The molecule has 6 nitrogen and oxygen atoms in total. The van der Waals surface area contributed by atoms with Crippen LogP contribution in [0.4, 0.5) is 5.69 Å². The number of carbonyl (C=O) groups excluding carboxylic acids is 1. The van der Waals surface area contributed by atoms with Crippen molar-refractivity contribution < 1.29 is 17.9 Å². The van der Waals surface area contributed by atoms with Gasteiger partial charge in [0.15, 0.2) is 6.61 Å². The van der Waals surface area contributed by atoms with E-state index in [1.807, 2.05) is 45.0 Å². The summed E-state index contributed by atoms with van der Waals surface area (Å²) < 4.78 is 33.3. The number of anilines is 1. The number of sulfonamides is 1. The van der Waals surface area contributed by atoms with Gasteiger partial charge in [-0.1, -0.05) is 39.0 Å². The fraction of sp³-hybridized carbons (Fsp3) is 0.409. The number of fused-ring (bicyclic) bond motifs is 1. The molecule has 156 valence electrons. The van der Waals surface area contributed by atoms with E-state index in [-0.39, 0.29) is 22.8 Å². The molecule has 0 atom stereocenters. The van der Waals surface area contributed by atoms with E-state index in [0.717, 1.165) is 11.3 Å². The Balaban J connectivity index is 1.70. The Morgan fingerprint density at radius 3 is 2.59 bits per heavy atom. The van der Waals surface area contributed by atoms with Crippen molar-refractivity contribution in [2.24, 2.45) is 5.41 Å². The van der Waals surface area contributed by atoms with Crippen molar-refractivity contribution >= 4 is 21.6 Å². The Labute approximate surface area is 172 Å². The van der Waals surface area contributed by atoms with Crippen LogP contribution < -0.4 is 14.4 Å². The molecule has 0 saturated carbocycles. The van der Waals surface area contributed by atoms with Crippen molar-refractivity contribution in [2.45, 2.75) is 39.0 Å². The SMILES string of the molecule is Cc1cc(S(=O)(=O)N2CCc3ccccc32)ccc1OCC(=O)NCC(C)(C)C. The number of benzene rings is 2. The van der Waals surface area contributed by atoms with Crippen molar-refractivity contribution in [1.29, 1.82) is 0 Å². The molecule has 1 N–H and O–H groups in total. The lowest BCUT2D eigenvalue weighted by Gasteiger charge is -2.20. The van der Waals surface area contributed by atoms with E-state index in [2.05, 4.69) is 5.32 Å². The first kappa shape index (κ1) is 21.2. The third-order valence-electron chi connectivity index (χ3n) is 4.75. The number of aryl methyl sites for hydroxylation is 1. The average molecular weight is 417 g/mol. The van der Waals surface area contributed by atoms with E-state index in [0.29, 0.717) is 30.8 Å². The smallest absolute Gasteiger partial charge is 0.264 e. The summed E-state index contributed by atoms with van der Waals surface area (Å²) >= 11 is 0. The summed E-state index contributed by atoms with van der Waals surface area (Å²) in [6.07, 6.45) is 0.708. The van der Waals surface area contributed by atoms with Gasteiger partial charge < -0.3 is 10.1 Å². The Morgan fingerprint density at radius 1 is 1.17 bits per heavy atom. The zero-order chi connectivity index (χ0) is 21.2. The highest BCUT2D eigenvalue weighted by molar-refractivity contribution is 7.92. The number of carbonyl (C=O) groups is 1. The number of hydrogen-bond donors (Lipinski definition) is 1. The molecule has 1 aliphatic heterocycles. The predicted octanol–water partition coefficient (Wildman–Crippen LogP) is 3.29. The lowest BCUT2D eigenvalue weighted by molar-refractivity contribution is -0.123. The first-order valence-electron chi connectivity index (χ1n) is 9.69. The van der Waals surface area contributed by atoms with Gasteiger partial charge in [0, 0.05) is 13.1 Å². The molecule has 0 unspecified atom stereocenters. The molecule has 0 spiro atoms. The van der Waals surface area contributed by atoms with Crippen LogP contribution in [0.5, 0.6) is 5.75 Å². The molecule has 0 fully saturated rings. The van der Waals surface area contributed by atoms with E-state index < -0.39 is 10.0 Å². The van der Waals surface area contributed by atoms with Gasteiger partial charge in [-0.15, -0.1) is 0 Å². The number of para-hydroxylation sites is 1. The van der Waals surface area contributed by atoms with Crippen LogP contribution in [0, 0.1) is 12.3 Å². The van der Waals surface area contributed by atoms with E-state index in [4.69, 9.17) is 4.74 Å². The van der Waals surface area contributed by atoms with Crippen molar-refractivity contribution in [3.63, 3.8) is 0 Å². The number of nitrogens with one attached hydrogen (secondary N) is 1. The largest absolute Gasteiger partial charge is 0.484 e. The number of rotatable bonds is 6. The number of hydrogen-bond acceptors (Lipinski definition) is 4. The van der Waals surface area contributed by atoms with Gasteiger partial charge in [-0.05, 0) is 54.2 Å². The maximum atomic E-state index is 13.1. The van der Waals surface area contributed by atoms with Crippen molar-refractivity contribution in [3.8, 4) is 5.75 Å². The molecule has 0 saturated heterocycles. The monoisotopic (exact) mass is 416 g/mol. The molecule has 0 bridgehead atoms. The van der Waals surface area contributed by atoms with Crippen LogP contribution in [0.15, 0.2) is 47.4 Å². The topological polar surface area (TPSA) is 75.7 Å². The zero-order valence-corrected chi connectivity index (χ0v) is 18.2. The zero-order valence-electron chi connectivity index (χ0n) is 17.4. The quantitative estimate of drug-likeness (QED) is 0.784. The highest BCUT2D eigenvalue weighted by Crippen LogP contribution is 2.33. The first-order chi connectivity index (χ1) is 13.6. The minimum atomic E-state index is -3.65. The molecule has 1 amide bonds. The molecule has 1 heterocycles. The summed E-state index contributed by atoms with van der Waals surface area (Å²) in [6.45, 7) is 8.78. The van der Waals surface area contributed by atoms with Crippen molar-refractivity contribution in [1.82, 2.24) is 5.32 Å². The van der Waals surface area contributed by atoms with Crippen LogP contribution in [-0.2, 0) is 21.2 Å². The van der Waals surface area contributed by atoms with Crippen LogP contribution in [0.2, 0.25) is 0 Å². The third-order valence-corrected chi connectivity index (χ3v) is 6.56. The Hall–Kier alpha value is -2.54. The molecule has 0 aromatic heterocycles. The lowest BCUT2D eigenvalue weighted by Crippen LogP contribution is -2.35.